The van der Waals surface area contributed by atoms with Crippen molar-refractivity contribution in [3.05, 3.63) is 36.5 Å². The molecule has 0 spiro atoms. The van der Waals surface area contributed by atoms with E-state index < -0.39 is 149 Å². The van der Waals surface area contributed by atoms with Gasteiger partial charge < -0.3 is 42.6 Å². The van der Waals surface area contributed by atoms with Crippen LogP contribution < -0.4 is 0 Å². The lowest BCUT2D eigenvalue weighted by molar-refractivity contribution is -0.652. The maximum Gasteiger partial charge on any atom is 0.422 e. The second-order valence-electron chi connectivity index (χ2n) is 14.5. The molecule has 6 atom stereocenters. The van der Waals surface area contributed by atoms with Gasteiger partial charge in [0.2, 0.25) is 18.9 Å². The second-order valence-corrected chi connectivity index (χ2v) is 14.5. The first-order chi connectivity index (χ1) is 30.0. The maximum atomic E-state index is 17.2. The number of halogens is 22. The van der Waals surface area contributed by atoms with Crippen LogP contribution in [0.25, 0.3) is 0 Å². The van der Waals surface area contributed by atoms with E-state index in [1.807, 2.05) is 0 Å². The minimum atomic E-state index is -8.09. The van der Waals surface area contributed by atoms with Crippen LogP contribution in [0.1, 0.15) is 41.5 Å². The predicted octanol–water partition coefficient (Wildman–Crippen LogP) is 8.92. The van der Waals surface area contributed by atoms with Gasteiger partial charge in [0.15, 0.2) is 18.9 Å². The first kappa shape index (κ1) is 58.2. The Kier molecular flexibility index (Phi) is 14.6. The van der Waals surface area contributed by atoms with Gasteiger partial charge in [-0.05, 0) is 41.5 Å². The lowest BCUT2D eigenvalue weighted by Crippen LogP contribution is -3.12. The zero-order valence-electron chi connectivity index (χ0n) is 34.3. The van der Waals surface area contributed by atoms with E-state index in [2.05, 4.69) is 62.4 Å². The maximum absolute atomic E-state index is 17.2. The zero-order chi connectivity index (χ0) is 53.8. The summed E-state index contributed by atoms with van der Waals surface area (Å²) in [6.07, 6.45) is -37.0. The van der Waals surface area contributed by atoms with Crippen molar-refractivity contribution in [2.75, 3.05) is 0 Å². The van der Waals surface area contributed by atoms with Crippen LogP contribution in [0.3, 0.4) is 0 Å². The molecular formula is C34H30F22O12. The van der Waals surface area contributed by atoms with E-state index in [0.29, 0.717) is 0 Å². The number of ether oxygens (including phenoxy) is 9. The van der Waals surface area contributed by atoms with E-state index >= 15 is 57.1 Å². The summed E-state index contributed by atoms with van der Waals surface area (Å²) < 4.78 is 372. The SMILES string of the molecule is C=C(C(=O)OC(C)OC(C)OC12C(F)(F)C3(F)C(F)(F)C(OC(C)OC(C)OC(=O)C(=C)C(F)(F)F)(C1(F)F)C(F)(F)C(OC(C)OC(C)OC(=O)C(=C)C(F)(F)F)(C3(F)F)C2(F)F)C(F)(F)F. The molecule has 6 unspecified atom stereocenters. The normalized spacial score (nSPS) is 31.1. The first-order valence-electron chi connectivity index (χ1n) is 17.8. The van der Waals surface area contributed by atoms with Gasteiger partial charge in [0, 0.05) is 0 Å². The highest BCUT2D eigenvalue weighted by Gasteiger charge is 3.23. The molecule has 4 aliphatic carbocycles. The Morgan fingerprint density at radius 1 is 0.353 bits per heavy atom. The van der Waals surface area contributed by atoms with E-state index in [1.165, 1.54) is 0 Å². The monoisotopic (exact) mass is 1050 g/mol. The molecule has 0 aromatic heterocycles. The van der Waals surface area contributed by atoms with Crippen molar-refractivity contribution in [1.29, 1.82) is 0 Å². The third kappa shape index (κ3) is 7.67. The van der Waals surface area contributed by atoms with Crippen molar-refractivity contribution in [3.63, 3.8) is 0 Å². The minimum Gasteiger partial charge on any atom is -0.432 e. The zero-order valence-corrected chi connectivity index (χ0v) is 34.3. The third-order valence-corrected chi connectivity index (χ3v) is 10.0. The number of alkyl halides is 22. The molecule has 4 fully saturated rings. The smallest absolute Gasteiger partial charge is 0.422 e. The van der Waals surface area contributed by atoms with Gasteiger partial charge in [-0.15, -0.1) is 0 Å². The van der Waals surface area contributed by atoms with Crippen LogP contribution in [0.15, 0.2) is 36.5 Å². The van der Waals surface area contributed by atoms with Gasteiger partial charge in [-0.25, -0.2) is 18.8 Å². The highest BCUT2D eigenvalue weighted by molar-refractivity contribution is 5.90. The molecule has 0 radical (unpaired) electrons. The van der Waals surface area contributed by atoms with Gasteiger partial charge in [-0.2, -0.15) is 92.2 Å². The van der Waals surface area contributed by atoms with E-state index in [-0.39, 0.29) is 41.5 Å². The molecular weight excluding hydrogens is 1020 g/mol. The fourth-order valence-corrected chi connectivity index (χ4v) is 7.24. The summed E-state index contributed by atoms with van der Waals surface area (Å²) in [5, 5.41) is 0. The van der Waals surface area contributed by atoms with E-state index in [9.17, 15) is 53.9 Å². The molecule has 0 aliphatic heterocycles. The average Bonchev–Trinajstić information content (AvgIpc) is 3.12. The Hall–Kier alpha value is -4.15. The van der Waals surface area contributed by atoms with Gasteiger partial charge in [0.25, 0.3) is 16.8 Å². The Morgan fingerprint density at radius 2 is 0.529 bits per heavy atom. The van der Waals surface area contributed by atoms with Gasteiger partial charge >= 0.3 is 77.6 Å². The van der Waals surface area contributed by atoms with Crippen LogP contribution in [-0.4, -0.2) is 132 Å². The lowest BCUT2D eigenvalue weighted by atomic mass is 9.38. The summed E-state index contributed by atoms with van der Waals surface area (Å²) in [6.45, 7) is 6.56. The predicted molar refractivity (Wildman–Crippen MR) is 169 cm³/mol. The number of hydrogen-bond donors (Lipinski definition) is 0. The summed E-state index contributed by atoms with van der Waals surface area (Å²) in [7, 11) is 0. The summed E-state index contributed by atoms with van der Waals surface area (Å²) in [5.41, 5.74) is -37.7. The van der Waals surface area contributed by atoms with Crippen LogP contribution >= 0.6 is 0 Å². The summed E-state index contributed by atoms with van der Waals surface area (Å²) in [5.74, 6) is -55.9. The van der Waals surface area contributed by atoms with Crippen LogP contribution in [-0.2, 0) is 57.0 Å². The Morgan fingerprint density at radius 3 is 0.691 bits per heavy atom. The molecule has 4 aliphatic rings. The van der Waals surface area contributed by atoms with Crippen LogP contribution in [0.4, 0.5) is 96.6 Å². The highest BCUT2D eigenvalue weighted by atomic mass is 19.4. The number of carbonyl (C=O) groups excluding carboxylic acids is 3. The summed E-state index contributed by atoms with van der Waals surface area (Å²) >= 11 is 0. The van der Waals surface area contributed by atoms with E-state index in [4.69, 9.17) is 0 Å². The van der Waals surface area contributed by atoms with Crippen molar-refractivity contribution in [2.45, 2.75) is 156 Å². The van der Waals surface area contributed by atoms with Crippen molar-refractivity contribution in [2.24, 2.45) is 0 Å². The van der Waals surface area contributed by atoms with Gasteiger partial charge in [-0.1, -0.05) is 19.7 Å². The van der Waals surface area contributed by atoms with E-state index in [0.717, 1.165) is 0 Å². The average molecular weight is 1050 g/mol. The van der Waals surface area contributed by atoms with Crippen LogP contribution in [0.5, 0.6) is 0 Å². The van der Waals surface area contributed by atoms with Crippen molar-refractivity contribution in [3.8, 4) is 0 Å². The van der Waals surface area contributed by atoms with Crippen molar-refractivity contribution >= 4 is 17.9 Å². The molecule has 0 saturated heterocycles. The van der Waals surface area contributed by atoms with E-state index in [1.54, 1.807) is 0 Å². The van der Waals surface area contributed by atoms with Crippen molar-refractivity contribution < 1.29 is 154 Å². The van der Waals surface area contributed by atoms with Gasteiger partial charge in [-0.3, -0.25) is 0 Å². The van der Waals surface area contributed by atoms with Crippen LogP contribution in [0.2, 0.25) is 0 Å². The fourth-order valence-electron chi connectivity index (χ4n) is 7.24. The lowest BCUT2D eigenvalue weighted by Gasteiger charge is -2.77. The molecule has 4 rings (SSSR count). The molecule has 68 heavy (non-hydrogen) atoms. The van der Waals surface area contributed by atoms with Gasteiger partial charge in [0.1, 0.15) is 16.7 Å². The highest BCUT2D eigenvalue weighted by Crippen LogP contribution is 2.89. The molecule has 34 heteroatoms. The Bertz CT molecular complexity index is 1790. The number of hydrogen-bond acceptors (Lipinski definition) is 12. The molecule has 0 aromatic carbocycles. The number of rotatable bonds is 18. The molecule has 4 bridgehead atoms. The third-order valence-electron chi connectivity index (χ3n) is 10.0. The second kappa shape index (κ2) is 17.0. The quantitative estimate of drug-likeness (QED) is 0.0427. The number of carbonyl (C=O) groups is 3. The topological polar surface area (TPSA) is 134 Å². The molecule has 4 saturated carbocycles. The summed E-state index contributed by atoms with van der Waals surface area (Å²) in [4.78, 5) is 35.5. The van der Waals surface area contributed by atoms with Crippen LogP contribution in [0, 0.1) is 0 Å². The molecule has 392 valence electrons. The Balaban J connectivity index is 2.41. The standard InChI is InChI=1S/C34H30F22O12/c1-10(22(35,36)37)19(57)63-13(4)60-16(7)66-26-29(45,46)25(44)30(47,48)27(32(26,51)52,67-17(8)61-14(5)64-20(58)11(2)23(38,39)40)34(55,56)28(31(25,49)50,33(26,53)54)68-18(9)62-15(6)65-21(59)12(3)24(41,42)43/h13-18H,1-3H2,4-9H3. The summed E-state index contributed by atoms with van der Waals surface area (Å²) in [6, 6.07) is 0. The fraction of sp³-hybridized carbons (Fsp3) is 0.735. The number of esters is 3. The molecule has 0 aromatic rings. The molecule has 12 nitrogen and oxygen atoms in total. The Labute approximate surface area is 364 Å². The van der Waals surface area contributed by atoms with Crippen molar-refractivity contribution in [1.82, 2.24) is 0 Å². The molecule has 0 heterocycles. The molecule has 0 N–H and O–H groups in total. The first-order valence-corrected chi connectivity index (χ1v) is 17.8. The molecule has 0 amide bonds. The minimum absolute atomic E-state index is 0.186. The largest absolute Gasteiger partial charge is 0.432 e. The van der Waals surface area contributed by atoms with Gasteiger partial charge in [0.05, 0.1) is 0 Å².